The molecule has 1 aromatic rings. The van der Waals surface area contributed by atoms with Crippen molar-refractivity contribution in [1.29, 1.82) is 0 Å². The fourth-order valence-electron chi connectivity index (χ4n) is 1.20. The lowest BCUT2D eigenvalue weighted by Gasteiger charge is -2.19. The highest BCUT2D eigenvalue weighted by atomic mass is 35.5. The van der Waals surface area contributed by atoms with E-state index in [1.165, 1.54) is 12.1 Å². The molecule has 4 nitrogen and oxygen atoms in total. The predicted octanol–water partition coefficient (Wildman–Crippen LogP) is 3.58. The van der Waals surface area contributed by atoms with Crippen molar-refractivity contribution < 1.29 is 14.6 Å². The third-order valence-electron chi connectivity index (χ3n) is 1.98. The molecule has 0 radical (unpaired) electrons. The van der Waals surface area contributed by atoms with Crippen molar-refractivity contribution in [3.05, 3.63) is 27.7 Å². The molecule has 6 heteroatoms. The number of benzene rings is 1. The molecule has 2 N–H and O–H groups in total. The lowest BCUT2D eigenvalue weighted by atomic mass is 10.2. The second-order valence-electron chi connectivity index (χ2n) is 4.94. The van der Waals surface area contributed by atoms with Crippen molar-refractivity contribution in [3.63, 3.8) is 0 Å². The Morgan fingerprint density at radius 3 is 2.60 bits per heavy atom. The van der Waals surface area contributed by atoms with Gasteiger partial charge in [-0.2, -0.15) is 0 Å². The summed E-state index contributed by atoms with van der Waals surface area (Å²) in [6, 6.07) is 2.77. The van der Waals surface area contributed by atoms with Gasteiger partial charge >= 0.3 is 6.09 Å². The molecule has 20 heavy (non-hydrogen) atoms. The molecule has 0 aromatic heterocycles. The zero-order valence-electron chi connectivity index (χ0n) is 11.4. The molecule has 0 atom stereocenters. The maximum atomic E-state index is 11.4. The van der Waals surface area contributed by atoms with Gasteiger partial charge in [0.1, 0.15) is 11.4 Å². The molecule has 0 aliphatic carbocycles. The van der Waals surface area contributed by atoms with Gasteiger partial charge in [-0.25, -0.2) is 4.79 Å². The van der Waals surface area contributed by atoms with E-state index in [2.05, 4.69) is 17.2 Å². The van der Waals surface area contributed by atoms with Gasteiger partial charge in [0.15, 0.2) is 0 Å². The summed E-state index contributed by atoms with van der Waals surface area (Å²) in [5.41, 5.74) is -0.0777. The van der Waals surface area contributed by atoms with Crippen LogP contribution < -0.4 is 5.32 Å². The first-order valence-corrected chi connectivity index (χ1v) is 6.58. The van der Waals surface area contributed by atoms with Crippen LogP contribution >= 0.6 is 23.2 Å². The maximum absolute atomic E-state index is 11.4. The number of hydrogen-bond acceptors (Lipinski definition) is 3. The highest BCUT2D eigenvalue weighted by molar-refractivity contribution is 6.35. The summed E-state index contributed by atoms with van der Waals surface area (Å²) in [6.45, 7) is 5.44. The van der Waals surface area contributed by atoms with Crippen LogP contribution in [0.3, 0.4) is 0 Å². The average Bonchev–Trinajstić information content (AvgIpc) is 2.28. The molecule has 1 rings (SSSR count). The molecular formula is C14H15Cl2NO3. The van der Waals surface area contributed by atoms with Gasteiger partial charge in [-0.1, -0.05) is 35.0 Å². The average molecular weight is 316 g/mol. The first kappa shape index (κ1) is 16.5. The summed E-state index contributed by atoms with van der Waals surface area (Å²) in [5.74, 6) is 5.37. The highest BCUT2D eigenvalue weighted by Crippen LogP contribution is 2.29. The van der Waals surface area contributed by atoms with E-state index < -0.39 is 11.7 Å². The number of nitrogens with one attached hydrogen (secondary N) is 1. The van der Waals surface area contributed by atoms with Gasteiger partial charge in [0.25, 0.3) is 0 Å². The molecule has 0 saturated carbocycles. The molecule has 0 spiro atoms. The zero-order valence-corrected chi connectivity index (χ0v) is 12.9. The van der Waals surface area contributed by atoms with Crippen LogP contribution in [-0.4, -0.2) is 23.3 Å². The molecule has 1 amide bonds. The van der Waals surface area contributed by atoms with E-state index in [1.807, 2.05) is 0 Å². The molecular weight excluding hydrogens is 301 g/mol. The number of rotatable bonds is 1. The first-order chi connectivity index (χ1) is 9.19. The third-order valence-corrected chi connectivity index (χ3v) is 2.59. The van der Waals surface area contributed by atoms with Crippen molar-refractivity contribution in [1.82, 2.24) is 5.32 Å². The Morgan fingerprint density at radius 2 is 2.00 bits per heavy atom. The van der Waals surface area contributed by atoms with E-state index in [0.717, 1.165) is 0 Å². The van der Waals surface area contributed by atoms with Crippen molar-refractivity contribution >= 4 is 29.3 Å². The van der Waals surface area contributed by atoms with Crippen LogP contribution in [-0.2, 0) is 4.74 Å². The van der Waals surface area contributed by atoms with Crippen LogP contribution in [0.2, 0.25) is 10.0 Å². The van der Waals surface area contributed by atoms with Gasteiger partial charge < -0.3 is 15.2 Å². The molecule has 0 aliphatic rings. The van der Waals surface area contributed by atoms with E-state index in [-0.39, 0.29) is 22.3 Å². The molecule has 0 fully saturated rings. The topological polar surface area (TPSA) is 58.6 Å². The van der Waals surface area contributed by atoms with Gasteiger partial charge in [0.05, 0.1) is 16.6 Å². The summed E-state index contributed by atoms with van der Waals surface area (Å²) in [5, 5.41) is 12.3. The summed E-state index contributed by atoms with van der Waals surface area (Å²) in [4.78, 5) is 11.4. The molecule has 0 bridgehead atoms. The lowest BCUT2D eigenvalue weighted by Crippen LogP contribution is -2.32. The number of carbonyl (C=O) groups is 1. The molecule has 0 aliphatic heterocycles. The van der Waals surface area contributed by atoms with E-state index in [0.29, 0.717) is 5.56 Å². The third kappa shape index (κ3) is 5.60. The second kappa shape index (κ2) is 6.74. The van der Waals surface area contributed by atoms with Crippen molar-refractivity contribution in [2.45, 2.75) is 26.4 Å². The largest absolute Gasteiger partial charge is 0.506 e. The predicted molar refractivity (Wildman–Crippen MR) is 79.2 cm³/mol. The fourth-order valence-corrected chi connectivity index (χ4v) is 1.57. The number of hydrogen-bond donors (Lipinski definition) is 2. The summed E-state index contributed by atoms with van der Waals surface area (Å²) >= 11 is 11.7. The summed E-state index contributed by atoms with van der Waals surface area (Å²) in [6.07, 6.45) is -0.540. The van der Waals surface area contributed by atoms with E-state index in [9.17, 15) is 9.90 Å². The van der Waals surface area contributed by atoms with Crippen molar-refractivity contribution in [2.24, 2.45) is 0 Å². The number of halogens is 2. The number of alkyl carbamates (subject to hydrolysis) is 1. The quantitative estimate of drug-likeness (QED) is 0.779. The van der Waals surface area contributed by atoms with E-state index in [1.54, 1.807) is 20.8 Å². The Balaban J connectivity index is 2.60. The van der Waals surface area contributed by atoms with E-state index in [4.69, 9.17) is 27.9 Å². The Morgan fingerprint density at radius 1 is 1.35 bits per heavy atom. The number of ether oxygens (including phenoxy) is 1. The van der Waals surface area contributed by atoms with Crippen molar-refractivity contribution in [3.8, 4) is 17.6 Å². The Hall–Kier alpha value is -1.57. The number of carbonyl (C=O) groups excluding carboxylic acids is 1. The van der Waals surface area contributed by atoms with Crippen LogP contribution in [0.4, 0.5) is 4.79 Å². The minimum Gasteiger partial charge on any atom is -0.506 e. The minimum absolute atomic E-state index is 0.103. The SMILES string of the molecule is CC(C)(C)OC(=O)NCC#Cc1cc(Cl)c(O)cc1Cl. The normalized spacial score (nSPS) is 10.4. The Kier molecular flexibility index (Phi) is 5.55. The van der Waals surface area contributed by atoms with Gasteiger partial charge in [0.2, 0.25) is 0 Å². The number of phenolic OH excluding ortho intramolecular Hbond substituents is 1. The zero-order chi connectivity index (χ0) is 15.3. The van der Waals surface area contributed by atoms with Gasteiger partial charge in [-0.3, -0.25) is 0 Å². The van der Waals surface area contributed by atoms with Crippen LogP contribution in [0, 0.1) is 11.8 Å². The van der Waals surface area contributed by atoms with Crippen molar-refractivity contribution in [2.75, 3.05) is 6.54 Å². The molecule has 108 valence electrons. The smallest absolute Gasteiger partial charge is 0.408 e. The van der Waals surface area contributed by atoms with Crippen LogP contribution in [0.5, 0.6) is 5.75 Å². The Labute approximate surface area is 128 Å². The van der Waals surface area contributed by atoms with Crippen LogP contribution in [0.1, 0.15) is 26.3 Å². The molecule has 0 heterocycles. The van der Waals surface area contributed by atoms with Crippen LogP contribution in [0.15, 0.2) is 12.1 Å². The highest BCUT2D eigenvalue weighted by Gasteiger charge is 2.15. The molecule has 0 unspecified atom stereocenters. The number of phenols is 1. The van der Waals surface area contributed by atoms with Crippen LogP contribution in [0.25, 0.3) is 0 Å². The standard InChI is InChI=1S/C14H15Cl2NO3/c1-14(2,3)20-13(19)17-6-4-5-9-7-11(16)12(18)8-10(9)15/h7-8,18H,6H2,1-3H3,(H,17,19). The number of amides is 1. The van der Waals surface area contributed by atoms with Gasteiger partial charge in [-0.15, -0.1) is 0 Å². The molecule has 0 saturated heterocycles. The number of aromatic hydroxyl groups is 1. The minimum atomic E-state index is -0.550. The summed E-state index contributed by atoms with van der Waals surface area (Å²) < 4.78 is 5.05. The van der Waals surface area contributed by atoms with E-state index >= 15 is 0 Å². The maximum Gasteiger partial charge on any atom is 0.408 e. The Bertz CT molecular complexity index is 568. The van der Waals surface area contributed by atoms with Gasteiger partial charge in [-0.05, 0) is 26.8 Å². The molecule has 1 aromatic carbocycles. The lowest BCUT2D eigenvalue weighted by molar-refractivity contribution is 0.0535. The van der Waals surface area contributed by atoms with Gasteiger partial charge in [0, 0.05) is 11.6 Å². The fraction of sp³-hybridized carbons (Fsp3) is 0.357. The summed E-state index contributed by atoms with van der Waals surface area (Å²) in [7, 11) is 0. The second-order valence-corrected chi connectivity index (χ2v) is 5.76. The first-order valence-electron chi connectivity index (χ1n) is 5.83. The monoisotopic (exact) mass is 315 g/mol.